The minimum absolute atomic E-state index is 0.0126. The van der Waals surface area contributed by atoms with E-state index in [1.54, 1.807) is 6.20 Å². The fourth-order valence-corrected chi connectivity index (χ4v) is 4.64. The standard InChI is InChI=1S/C30H39N5O3/c36-29(32-14-6-7-16-34-17-15-31-24-34)20-26-11-12-28-27(19-26)22-35(21-25-9-3-1-4-10-25)23-30(37)33-13-5-2-8-18-38-28/h1,3-4,9-12,15,17,19,24H,2,5-8,13-14,16,18,20-23H2,(H,32,36)(H,33,37). The van der Waals surface area contributed by atoms with E-state index in [4.69, 9.17) is 4.74 Å². The van der Waals surface area contributed by atoms with Crippen LogP contribution in [-0.4, -0.2) is 52.5 Å². The molecular weight excluding hydrogens is 478 g/mol. The molecule has 8 nitrogen and oxygen atoms in total. The summed E-state index contributed by atoms with van der Waals surface area (Å²) in [7, 11) is 0. The van der Waals surface area contributed by atoms with Crippen LogP contribution in [0.4, 0.5) is 0 Å². The van der Waals surface area contributed by atoms with Gasteiger partial charge in [0.2, 0.25) is 11.8 Å². The molecule has 0 saturated heterocycles. The summed E-state index contributed by atoms with van der Waals surface area (Å²) in [5.74, 6) is 0.872. The molecule has 2 heterocycles. The van der Waals surface area contributed by atoms with E-state index >= 15 is 0 Å². The highest BCUT2D eigenvalue weighted by molar-refractivity contribution is 5.79. The summed E-state index contributed by atoms with van der Waals surface area (Å²) in [5, 5.41) is 6.10. The number of carbonyl (C=O) groups excluding carboxylic acids is 2. The first-order valence-corrected chi connectivity index (χ1v) is 13.7. The molecule has 4 rings (SSSR count). The molecule has 0 saturated carbocycles. The van der Waals surface area contributed by atoms with Crippen LogP contribution in [0, 0.1) is 0 Å². The molecule has 0 radical (unpaired) electrons. The summed E-state index contributed by atoms with van der Waals surface area (Å²) >= 11 is 0. The predicted molar refractivity (Wildman–Crippen MR) is 148 cm³/mol. The van der Waals surface area contributed by atoms with Crippen molar-refractivity contribution in [3.05, 3.63) is 83.9 Å². The van der Waals surface area contributed by atoms with Crippen molar-refractivity contribution in [2.24, 2.45) is 0 Å². The quantitative estimate of drug-likeness (QED) is 0.423. The van der Waals surface area contributed by atoms with E-state index < -0.39 is 0 Å². The predicted octanol–water partition coefficient (Wildman–Crippen LogP) is 3.70. The van der Waals surface area contributed by atoms with Gasteiger partial charge in [0.05, 0.1) is 25.9 Å². The molecule has 1 aromatic heterocycles. The van der Waals surface area contributed by atoms with E-state index in [2.05, 4.69) is 38.7 Å². The largest absolute Gasteiger partial charge is 0.493 e. The van der Waals surface area contributed by atoms with Gasteiger partial charge in [-0.05, 0) is 49.3 Å². The first-order valence-electron chi connectivity index (χ1n) is 13.7. The molecule has 0 bridgehead atoms. The Kier molecular flexibility index (Phi) is 10.8. The highest BCUT2D eigenvalue weighted by Crippen LogP contribution is 2.24. The molecule has 8 heteroatoms. The number of nitrogens with zero attached hydrogens (tertiary/aromatic N) is 3. The molecule has 2 aromatic carbocycles. The Morgan fingerprint density at radius 3 is 2.76 bits per heavy atom. The summed E-state index contributed by atoms with van der Waals surface area (Å²) in [6.45, 7) is 4.39. The summed E-state index contributed by atoms with van der Waals surface area (Å²) < 4.78 is 8.21. The Morgan fingerprint density at radius 2 is 1.92 bits per heavy atom. The van der Waals surface area contributed by atoms with E-state index in [0.717, 1.165) is 61.1 Å². The van der Waals surface area contributed by atoms with Crippen LogP contribution in [0.2, 0.25) is 0 Å². The lowest BCUT2D eigenvalue weighted by atomic mass is 10.1. The Balaban J connectivity index is 1.40. The fourth-order valence-electron chi connectivity index (χ4n) is 4.64. The number of nitrogens with one attached hydrogen (secondary N) is 2. The Bertz CT molecular complexity index is 1130. The number of ether oxygens (including phenoxy) is 1. The van der Waals surface area contributed by atoms with E-state index in [1.165, 1.54) is 0 Å². The number of aryl methyl sites for hydroxylation is 1. The highest BCUT2D eigenvalue weighted by atomic mass is 16.5. The normalized spacial score (nSPS) is 15.2. The summed E-state index contributed by atoms with van der Waals surface area (Å²) in [5.41, 5.74) is 3.09. The van der Waals surface area contributed by atoms with Crippen molar-refractivity contribution in [2.45, 2.75) is 58.2 Å². The lowest BCUT2D eigenvalue weighted by Gasteiger charge is -2.23. The fraction of sp³-hybridized carbons (Fsp3) is 0.433. The number of benzene rings is 2. The van der Waals surface area contributed by atoms with Gasteiger partial charge in [-0.25, -0.2) is 4.98 Å². The molecule has 2 amide bonds. The van der Waals surface area contributed by atoms with Crippen molar-refractivity contribution in [2.75, 3.05) is 26.2 Å². The van der Waals surface area contributed by atoms with Crippen LogP contribution >= 0.6 is 0 Å². The van der Waals surface area contributed by atoms with Gasteiger partial charge >= 0.3 is 0 Å². The first-order chi connectivity index (χ1) is 18.7. The minimum atomic E-state index is 0.0126. The number of imidazole rings is 1. The van der Waals surface area contributed by atoms with Gasteiger partial charge in [0, 0.05) is 50.7 Å². The zero-order valence-corrected chi connectivity index (χ0v) is 22.1. The van der Waals surface area contributed by atoms with Gasteiger partial charge in [0.15, 0.2) is 0 Å². The van der Waals surface area contributed by atoms with Crippen molar-refractivity contribution >= 4 is 11.8 Å². The smallest absolute Gasteiger partial charge is 0.234 e. The molecular formula is C30H39N5O3. The zero-order chi connectivity index (χ0) is 26.4. The molecule has 0 fully saturated rings. The third-order valence-corrected chi connectivity index (χ3v) is 6.63. The van der Waals surface area contributed by atoms with Crippen molar-refractivity contribution < 1.29 is 14.3 Å². The number of rotatable bonds is 9. The Labute approximate surface area is 225 Å². The first kappa shape index (κ1) is 27.4. The average molecular weight is 518 g/mol. The van der Waals surface area contributed by atoms with Gasteiger partial charge in [0.1, 0.15) is 5.75 Å². The van der Waals surface area contributed by atoms with Crippen LogP contribution in [0.3, 0.4) is 0 Å². The number of fused-ring (bicyclic) bond motifs is 1. The van der Waals surface area contributed by atoms with E-state index in [0.29, 0.717) is 45.8 Å². The number of unbranched alkanes of at least 4 members (excludes halogenated alkanes) is 1. The summed E-state index contributed by atoms with van der Waals surface area (Å²) in [6.07, 6.45) is 10.6. The monoisotopic (exact) mass is 517 g/mol. The third-order valence-electron chi connectivity index (χ3n) is 6.63. The molecule has 3 aromatic rings. The SMILES string of the molecule is O=C(Cc1ccc2c(c1)CN(Cc1ccccc1)CC(=O)NCCCCCO2)NCCCCn1ccnc1. The van der Waals surface area contributed by atoms with Gasteiger partial charge in [-0.15, -0.1) is 0 Å². The van der Waals surface area contributed by atoms with Gasteiger partial charge in [-0.3, -0.25) is 14.5 Å². The topological polar surface area (TPSA) is 88.5 Å². The number of aromatic nitrogens is 2. The Morgan fingerprint density at radius 1 is 1.03 bits per heavy atom. The maximum Gasteiger partial charge on any atom is 0.234 e. The maximum atomic E-state index is 12.7. The molecule has 38 heavy (non-hydrogen) atoms. The van der Waals surface area contributed by atoms with Crippen molar-refractivity contribution in [1.29, 1.82) is 0 Å². The van der Waals surface area contributed by atoms with E-state index in [9.17, 15) is 9.59 Å². The second-order valence-electron chi connectivity index (χ2n) is 9.87. The van der Waals surface area contributed by atoms with Crippen LogP contribution < -0.4 is 15.4 Å². The third kappa shape index (κ3) is 9.34. The molecule has 2 N–H and O–H groups in total. The number of amides is 2. The molecule has 1 aliphatic rings. The second-order valence-corrected chi connectivity index (χ2v) is 9.87. The summed E-state index contributed by atoms with van der Waals surface area (Å²) in [4.78, 5) is 31.5. The second kappa shape index (κ2) is 14.9. The lowest BCUT2D eigenvalue weighted by molar-refractivity contribution is -0.122. The molecule has 0 atom stereocenters. The molecule has 1 aliphatic heterocycles. The van der Waals surface area contributed by atoms with Crippen molar-refractivity contribution in [3.63, 3.8) is 0 Å². The molecule has 0 spiro atoms. The van der Waals surface area contributed by atoms with Crippen LogP contribution in [0.5, 0.6) is 5.75 Å². The molecule has 0 unspecified atom stereocenters. The average Bonchev–Trinajstić information content (AvgIpc) is 3.43. The number of carbonyl (C=O) groups is 2. The minimum Gasteiger partial charge on any atom is -0.493 e. The Hall–Kier alpha value is -3.65. The van der Waals surface area contributed by atoms with Gasteiger partial charge in [-0.2, -0.15) is 0 Å². The highest BCUT2D eigenvalue weighted by Gasteiger charge is 2.17. The van der Waals surface area contributed by atoms with Gasteiger partial charge in [0.25, 0.3) is 0 Å². The summed E-state index contributed by atoms with van der Waals surface area (Å²) in [6, 6.07) is 16.2. The van der Waals surface area contributed by atoms with Crippen LogP contribution in [-0.2, 0) is 35.6 Å². The van der Waals surface area contributed by atoms with Gasteiger partial charge < -0.3 is 19.9 Å². The van der Waals surface area contributed by atoms with Crippen molar-refractivity contribution in [1.82, 2.24) is 25.1 Å². The van der Waals surface area contributed by atoms with Gasteiger partial charge in [-0.1, -0.05) is 42.5 Å². The van der Waals surface area contributed by atoms with Crippen molar-refractivity contribution in [3.8, 4) is 5.75 Å². The zero-order valence-electron chi connectivity index (χ0n) is 22.1. The lowest BCUT2D eigenvalue weighted by Crippen LogP contribution is -2.37. The molecule has 202 valence electrons. The molecule has 0 aliphatic carbocycles. The van der Waals surface area contributed by atoms with Crippen LogP contribution in [0.1, 0.15) is 48.8 Å². The van der Waals surface area contributed by atoms with E-state index in [-0.39, 0.29) is 11.8 Å². The van der Waals surface area contributed by atoms with Crippen LogP contribution in [0.15, 0.2) is 67.3 Å². The number of hydrogen-bond acceptors (Lipinski definition) is 5. The van der Waals surface area contributed by atoms with E-state index in [1.807, 2.05) is 47.4 Å². The van der Waals surface area contributed by atoms with Crippen LogP contribution in [0.25, 0.3) is 0 Å². The number of hydrogen-bond donors (Lipinski definition) is 2. The maximum absolute atomic E-state index is 12.7.